The molecule has 1 aromatic heterocycles. The Balaban J connectivity index is 1.57. The van der Waals surface area contributed by atoms with Crippen molar-refractivity contribution in [3.05, 3.63) is 70.9 Å². The number of amides is 1. The number of para-hydroxylation sites is 1. The van der Waals surface area contributed by atoms with Crippen molar-refractivity contribution < 1.29 is 9.53 Å². The summed E-state index contributed by atoms with van der Waals surface area (Å²) in [4.78, 5) is 12.6. The second kappa shape index (κ2) is 6.26. The molecule has 4 rings (SSSR count). The number of anilines is 1. The fourth-order valence-corrected chi connectivity index (χ4v) is 3.11. The lowest BCUT2D eigenvalue weighted by Crippen LogP contribution is -2.32. The minimum absolute atomic E-state index is 0.195. The summed E-state index contributed by atoms with van der Waals surface area (Å²) in [6, 6.07) is 16.8. The number of benzene rings is 2. The highest BCUT2D eigenvalue weighted by Crippen LogP contribution is 2.29. The number of aryl methyl sites for hydroxylation is 1. The van der Waals surface area contributed by atoms with Crippen molar-refractivity contribution in [2.24, 2.45) is 0 Å². The lowest BCUT2D eigenvalue weighted by Gasteiger charge is -2.13. The van der Waals surface area contributed by atoms with Crippen molar-refractivity contribution in [3.63, 3.8) is 0 Å². The number of nitrogens with one attached hydrogen (secondary N) is 1. The van der Waals surface area contributed by atoms with Gasteiger partial charge in [0, 0.05) is 17.5 Å². The molecule has 1 N–H and O–H groups in total. The van der Waals surface area contributed by atoms with Crippen LogP contribution in [0.3, 0.4) is 0 Å². The summed E-state index contributed by atoms with van der Waals surface area (Å²) < 4.78 is 7.42. The molecule has 0 spiro atoms. The van der Waals surface area contributed by atoms with Crippen molar-refractivity contribution in [2.75, 3.05) is 5.32 Å². The van der Waals surface area contributed by atoms with E-state index in [0.717, 1.165) is 22.7 Å². The molecule has 1 aliphatic rings. The van der Waals surface area contributed by atoms with Crippen LogP contribution in [0.25, 0.3) is 5.69 Å². The van der Waals surface area contributed by atoms with Gasteiger partial charge in [-0.05, 0) is 36.8 Å². The Bertz CT molecular complexity index is 926. The van der Waals surface area contributed by atoms with Gasteiger partial charge in [-0.2, -0.15) is 5.10 Å². The van der Waals surface area contributed by atoms with Crippen molar-refractivity contribution in [3.8, 4) is 11.4 Å². The number of rotatable bonds is 3. The van der Waals surface area contributed by atoms with Crippen LogP contribution in [0.15, 0.2) is 54.6 Å². The normalized spacial score (nSPS) is 15.5. The van der Waals surface area contributed by atoms with Gasteiger partial charge >= 0.3 is 0 Å². The molecule has 5 nitrogen and oxygen atoms in total. The number of carbonyl (C=O) groups is 1. The highest BCUT2D eigenvalue weighted by molar-refractivity contribution is 6.30. The zero-order valence-corrected chi connectivity index (χ0v) is 14.3. The fraction of sp³-hybridized carbons (Fsp3) is 0.158. The molecule has 25 heavy (non-hydrogen) atoms. The molecule has 2 heterocycles. The van der Waals surface area contributed by atoms with Gasteiger partial charge in [-0.25, -0.2) is 4.68 Å². The quantitative estimate of drug-likeness (QED) is 0.779. The molecule has 0 radical (unpaired) electrons. The van der Waals surface area contributed by atoms with Gasteiger partial charge in [-0.15, -0.1) is 0 Å². The molecule has 1 atom stereocenters. The molecule has 1 unspecified atom stereocenters. The Morgan fingerprint density at radius 1 is 1.24 bits per heavy atom. The summed E-state index contributed by atoms with van der Waals surface area (Å²) in [5.74, 6) is 1.16. The standard InChI is InChI=1S/C19H16ClN3O2/c1-12-9-18(23(22-12)15-7-4-6-14(20)11-15)21-19(24)17-10-13-5-2-3-8-16(13)25-17/h2-9,11,17H,10H2,1H3,(H,21,24). The van der Waals surface area contributed by atoms with Crippen LogP contribution in [0.1, 0.15) is 11.3 Å². The molecule has 1 amide bonds. The number of hydrogen-bond donors (Lipinski definition) is 1. The molecule has 0 saturated carbocycles. The van der Waals surface area contributed by atoms with E-state index in [0.29, 0.717) is 17.3 Å². The number of fused-ring (bicyclic) bond motifs is 1. The summed E-state index contributed by atoms with van der Waals surface area (Å²) in [5.41, 5.74) is 2.62. The van der Waals surface area contributed by atoms with Crippen LogP contribution in [0.4, 0.5) is 5.82 Å². The predicted octanol–water partition coefficient (Wildman–Crippen LogP) is 3.78. The maximum Gasteiger partial charge on any atom is 0.266 e. The molecule has 0 bridgehead atoms. The van der Waals surface area contributed by atoms with E-state index in [1.165, 1.54) is 0 Å². The lowest BCUT2D eigenvalue weighted by molar-refractivity contribution is -0.122. The monoisotopic (exact) mass is 353 g/mol. The first kappa shape index (κ1) is 15.7. The van der Waals surface area contributed by atoms with Crippen molar-refractivity contribution >= 4 is 23.3 Å². The zero-order valence-electron chi connectivity index (χ0n) is 13.6. The third-order valence-electron chi connectivity index (χ3n) is 4.08. The van der Waals surface area contributed by atoms with Gasteiger partial charge in [0.15, 0.2) is 6.10 Å². The zero-order chi connectivity index (χ0) is 17.4. The Labute approximate surface area is 150 Å². The van der Waals surface area contributed by atoms with Gasteiger partial charge < -0.3 is 10.1 Å². The van der Waals surface area contributed by atoms with Crippen molar-refractivity contribution in [1.82, 2.24) is 9.78 Å². The number of aromatic nitrogens is 2. The summed E-state index contributed by atoms with van der Waals surface area (Å²) in [5, 5.41) is 7.97. The molecular formula is C19H16ClN3O2. The Kier molecular flexibility index (Phi) is 3.93. The second-order valence-corrected chi connectivity index (χ2v) is 6.41. The highest BCUT2D eigenvalue weighted by Gasteiger charge is 2.29. The van der Waals surface area contributed by atoms with Crippen molar-refractivity contribution in [2.45, 2.75) is 19.4 Å². The van der Waals surface area contributed by atoms with Gasteiger partial charge in [-0.3, -0.25) is 4.79 Å². The van der Waals surface area contributed by atoms with E-state index in [-0.39, 0.29) is 5.91 Å². The van der Waals surface area contributed by atoms with Gasteiger partial charge in [0.05, 0.1) is 11.4 Å². The lowest BCUT2D eigenvalue weighted by atomic mass is 10.1. The van der Waals surface area contributed by atoms with E-state index in [1.807, 2.05) is 49.4 Å². The number of nitrogens with zero attached hydrogens (tertiary/aromatic N) is 2. The molecule has 126 valence electrons. The van der Waals surface area contributed by atoms with Crippen LogP contribution >= 0.6 is 11.6 Å². The highest BCUT2D eigenvalue weighted by atomic mass is 35.5. The predicted molar refractivity (Wildman–Crippen MR) is 96.5 cm³/mol. The number of hydrogen-bond acceptors (Lipinski definition) is 3. The van der Waals surface area contributed by atoms with E-state index < -0.39 is 6.10 Å². The van der Waals surface area contributed by atoms with E-state index in [1.54, 1.807) is 16.8 Å². The third kappa shape index (κ3) is 3.10. The fourth-order valence-electron chi connectivity index (χ4n) is 2.93. The average Bonchev–Trinajstić information content (AvgIpc) is 3.18. The van der Waals surface area contributed by atoms with Crippen molar-refractivity contribution in [1.29, 1.82) is 0 Å². The third-order valence-corrected chi connectivity index (χ3v) is 4.31. The molecule has 1 aliphatic heterocycles. The molecular weight excluding hydrogens is 338 g/mol. The first-order valence-corrected chi connectivity index (χ1v) is 8.36. The van der Waals surface area contributed by atoms with Gasteiger partial charge in [0.25, 0.3) is 5.91 Å². The first-order chi connectivity index (χ1) is 12.1. The Hall–Kier alpha value is -2.79. The topological polar surface area (TPSA) is 56.1 Å². The van der Waals surface area contributed by atoms with Gasteiger partial charge in [0.2, 0.25) is 0 Å². The molecule has 0 fully saturated rings. The molecule has 0 aliphatic carbocycles. The van der Waals surface area contributed by atoms with E-state index in [9.17, 15) is 4.79 Å². The Morgan fingerprint density at radius 2 is 2.08 bits per heavy atom. The summed E-state index contributed by atoms with van der Waals surface area (Å²) in [6.07, 6.45) is 0.0205. The summed E-state index contributed by atoms with van der Waals surface area (Å²) in [7, 11) is 0. The molecule has 0 saturated heterocycles. The minimum Gasteiger partial charge on any atom is -0.480 e. The maximum atomic E-state index is 12.6. The molecule has 3 aromatic rings. The first-order valence-electron chi connectivity index (χ1n) is 7.98. The minimum atomic E-state index is -0.541. The van der Waals surface area contributed by atoms with Crippen LogP contribution in [-0.4, -0.2) is 21.8 Å². The van der Waals surface area contributed by atoms with E-state index in [2.05, 4.69) is 10.4 Å². The van der Waals surface area contributed by atoms with Crippen LogP contribution in [0.2, 0.25) is 5.02 Å². The van der Waals surface area contributed by atoms with Crippen LogP contribution < -0.4 is 10.1 Å². The van der Waals surface area contributed by atoms with Crippen LogP contribution in [0.5, 0.6) is 5.75 Å². The SMILES string of the molecule is Cc1cc(NC(=O)C2Cc3ccccc3O2)n(-c2cccc(Cl)c2)n1. The van der Waals surface area contributed by atoms with E-state index >= 15 is 0 Å². The Morgan fingerprint density at radius 3 is 2.88 bits per heavy atom. The summed E-state index contributed by atoms with van der Waals surface area (Å²) in [6.45, 7) is 1.87. The summed E-state index contributed by atoms with van der Waals surface area (Å²) >= 11 is 6.07. The van der Waals surface area contributed by atoms with Crippen LogP contribution in [0, 0.1) is 6.92 Å². The van der Waals surface area contributed by atoms with Gasteiger partial charge in [0.1, 0.15) is 11.6 Å². The second-order valence-electron chi connectivity index (χ2n) is 5.97. The van der Waals surface area contributed by atoms with Gasteiger partial charge in [-0.1, -0.05) is 35.9 Å². The van der Waals surface area contributed by atoms with E-state index in [4.69, 9.17) is 16.3 Å². The van der Waals surface area contributed by atoms with Crippen LogP contribution in [-0.2, 0) is 11.2 Å². The number of halogens is 1. The number of carbonyl (C=O) groups excluding carboxylic acids is 1. The largest absolute Gasteiger partial charge is 0.480 e. The smallest absolute Gasteiger partial charge is 0.266 e. The average molecular weight is 354 g/mol. The molecule has 6 heteroatoms. The molecule has 2 aromatic carbocycles. The number of ether oxygens (including phenoxy) is 1. The maximum absolute atomic E-state index is 12.6.